The molecule has 0 bridgehead atoms. The Kier molecular flexibility index (Phi) is 4.58. The van der Waals surface area contributed by atoms with Gasteiger partial charge >= 0.3 is 0 Å². The highest BCUT2D eigenvalue weighted by Crippen LogP contribution is 2.48. The number of aliphatic hydroxyl groups is 1. The van der Waals surface area contributed by atoms with Gasteiger partial charge in [0.1, 0.15) is 0 Å². The van der Waals surface area contributed by atoms with Crippen LogP contribution in [0, 0.1) is 12.3 Å². The topological polar surface area (TPSA) is 67.3 Å². The molecule has 1 aromatic rings. The van der Waals surface area contributed by atoms with Crippen LogP contribution in [-0.4, -0.2) is 34.8 Å². The van der Waals surface area contributed by atoms with Gasteiger partial charge in [0, 0.05) is 24.9 Å². The van der Waals surface area contributed by atoms with E-state index >= 15 is 0 Å². The van der Waals surface area contributed by atoms with E-state index in [1.807, 2.05) is 13.0 Å². The van der Waals surface area contributed by atoms with E-state index in [4.69, 9.17) is 9.84 Å². The Morgan fingerprint density at radius 3 is 2.84 bits per heavy atom. The Bertz CT molecular complexity index is 419. The smallest absolute Gasteiger partial charge is 0.226 e. The fourth-order valence-electron chi connectivity index (χ4n) is 2.09. The Hall–Kier alpha value is -1.36. The van der Waals surface area contributed by atoms with Crippen molar-refractivity contribution in [3.8, 4) is 5.88 Å². The highest BCUT2D eigenvalue weighted by Gasteiger charge is 2.41. The van der Waals surface area contributed by atoms with Crippen molar-refractivity contribution in [3.63, 3.8) is 0 Å². The Morgan fingerprint density at radius 1 is 1.42 bits per heavy atom. The minimum atomic E-state index is 0.251. The van der Waals surface area contributed by atoms with Crippen LogP contribution in [0.25, 0.3) is 0 Å². The second kappa shape index (κ2) is 6.19. The zero-order valence-electron chi connectivity index (χ0n) is 11.8. The van der Waals surface area contributed by atoms with E-state index in [0.717, 1.165) is 25.1 Å². The lowest BCUT2D eigenvalue weighted by atomic mass is 10.0. The fourth-order valence-corrected chi connectivity index (χ4v) is 2.09. The lowest BCUT2D eigenvalue weighted by Gasteiger charge is -2.15. The molecule has 19 heavy (non-hydrogen) atoms. The van der Waals surface area contributed by atoms with Gasteiger partial charge in [-0.15, -0.1) is 0 Å². The summed E-state index contributed by atoms with van der Waals surface area (Å²) in [6.45, 7) is 5.75. The molecule has 0 unspecified atom stereocenters. The van der Waals surface area contributed by atoms with Gasteiger partial charge in [0.2, 0.25) is 11.8 Å². The maximum atomic E-state index is 9.05. The first kappa shape index (κ1) is 14.1. The Morgan fingerprint density at radius 2 is 2.21 bits per heavy atom. The monoisotopic (exact) mass is 265 g/mol. The zero-order valence-corrected chi connectivity index (χ0v) is 11.8. The zero-order chi connectivity index (χ0) is 13.7. The molecule has 5 heteroatoms. The molecule has 0 saturated heterocycles. The number of nitrogens with zero attached hydrogens (tertiary/aromatic N) is 2. The van der Waals surface area contributed by atoms with E-state index in [1.54, 1.807) is 0 Å². The second-order valence-electron chi connectivity index (χ2n) is 5.35. The Balaban J connectivity index is 1.94. The first-order valence-electron chi connectivity index (χ1n) is 7.01. The number of aliphatic hydroxyl groups excluding tert-OH is 1. The molecular weight excluding hydrogens is 242 g/mol. The first-order chi connectivity index (χ1) is 9.17. The molecule has 106 valence electrons. The number of rotatable bonds is 8. The molecule has 1 aliphatic carbocycles. The van der Waals surface area contributed by atoms with Crippen molar-refractivity contribution in [3.05, 3.63) is 11.8 Å². The van der Waals surface area contributed by atoms with E-state index in [-0.39, 0.29) is 12.0 Å². The largest absolute Gasteiger partial charge is 0.478 e. The van der Waals surface area contributed by atoms with Crippen LogP contribution in [0.1, 0.15) is 38.3 Å². The van der Waals surface area contributed by atoms with Crippen LogP contribution in [0.3, 0.4) is 0 Å². The molecule has 0 aliphatic heterocycles. The van der Waals surface area contributed by atoms with Crippen molar-refractivity contribution in [1.82, 2.24) is 9.97 Å². The van der Waals surface area contributed by atoms with Crippen LogP contribution in [-0.2, 0) is 0 Å². The van der Waals surface area contributed by atoms with E-state index in [1.165, 1.54) is 12.8 Å². The summed E-state index contributed by atoms with van der Waals surface area (Å²) < 4.78 is 5.54. The summed E-state index contributed by atoms with van der Waals surface area (Å²) in [7, 11) is 0. The molecule has 2 N–H and O–H groups in total. The summed E-state index contributed by atoms with van der Waals surface area (Å²) in [4.78, 5) is 8.72. The van der Waals surface area contributed by atoms with Crippen LogP contribution in [0.5, 0.6) is 5.88 Å². The van der Waals surface area contributed by atoms with Crippen molar-refractivity contribution >= 4 is 5.95 Å². The van der Waals surface area contributed by atoms with Gasteiger partial charge in [-0.2, -0.15) is 4.98 Å². The molecule has 2 rings (SSSR count). The van der Waals surface area contributed by atoms with Crippen molar-refractivity contribution in [2.24, 2.45) is 5.41 Å². The summed E-state index contributed by atoms with van der Waals surface area (Å²) in [5, 5.41) is 12.3. The van der Waals surface area contributed by atoms with E-state index in [2.05, 4.69) is 22.2 Å². The molecule has 0 spiro atoms. The van der Waals surface area contributed by atoms with Crippen molar-refractivity contribution < 1.29 is 9.84 Å². The van der Waals surface area contributed by atoms with E-state index in [0.29, 0.717) is 18.4 Å². The van der Waals surface area contributed by atoms with Crippen LogP contribution >= 0.6 is 0 Å². The quantitative estimate of drug-likeness (QED) is 0.754. The number of hydrogen-bond acceptors (Lipinski definition) is 5. The maximum absolute atomic E-state index is 9.05. The van der Waals surface area contributed by atoms with Crippen molar-refractivity contribution in [2.75, 3.05) is 25.1 Å². The lowest BCUT2D eigenvalue weighted by Crippen LogP contribution is -2.18. The van der Waals surface area contributed by atoms with Crippen LogP contribution in [0.15, 0.2) is 6.07 Å². The molecule has 1 fully saturated rings. The van der Waals surface area contributed by atoms with Gasteiger partial charge in [-0.3, -0.25) is 0 Å². The summed E-state index contributed by atoms with van der Waals surface area (Å²) in [5.74, 6) is 1.25. The van der Waals surface area contributed by atoms with Crippen molar-refractivity contribution in [1.29, 1.82) is 0 Å². The standard InChI is InChI=1S/C14H23N3O2/c1-3-8-19-12-9-11(2)16-13(17-12)15-10-14(4-5-14)6-7-18/h9,18H,3-8,10H2,1-2H3,(H,15,16,17). The highest BCUT2D eigenvalue weighted by atomic mass is 16.5. The average Bonchev–Trinajstić information content (AvgIpc) is 3.14. The molecule has 5 nitrogen and oxygen atoms in total. The highest BCUT2D eigenvalue weighted by molar-refractivity contribution is 5.31. The SMILES string of the molecule is CCCOc1cc(C)nc(NCC2(CCO)CC2)n1. The molecule has 1 heterocycles. The summed E-state index contributed by atoms with van der Waals surface area (Å²) in [6.07, 6.45) is 4.16. The third-order valence-electron chi connectivity index (χ3n) is 3.51. The predicted molar refractivity (Wildman–Crippen MR) is 74.4 cm³/mol. The molecule has 0 amide bonds. The summed E-state index contributed by atoms with van der Waals surface area (Å²) >= 11 is 0. The van der Waals surface area contributed by atoms with Gasteiger partial charge in [-0.1, -0.05) is 6.92 Å². The van der Waals surface area contributed by atoms with Crippen molar-refractivity contribution in [2.45, 2.75) is 39.5 Å². The first-order valence-corrected chi connectivity index (χ1v) is 7.01. The number of aromatic nitrogens is 2. The number of aryl methyl sites for hydroxylation is 1. The lowest BCUT2D eigenvalue weighted by molar-refractivity contribution is 0.253. The van der Waals surface area contributed by atoms with Gasteiger partial charge in [-0.05, 0) is 38.0 Å². The molecular formula is C14H23N3O2. The second-order valence-corrected chi connectivity index (χ2v) is 5.35. The van der Waals surface area contributed by atoms with Gasteiger partial charge < -0.3 is 15.2 Å². The number of ether oxygens (including phenoxy) is 1. The molecule has 0 radical (unpaired) electrons. The van der Waals surface area contributed by atoms with Crippen LogP contribution < -0.4 is 10.1 Å². The van der Waals surface area contributed by atoms with Gasteiger partial charge in [0.05, 0.1) is 6.61 Å². The molecule has 0 atom stereocenters. The predicted octanol–water partition coefficient (Wildman–Crippen LogP) is 2.15. The molecule has 0 aromatic carbocycles. The molecule has 1 aromatic heterocycles. The minimum Gasteiger partial charge on any atom is -0.478 e. The minimum absolute atomic E-state index is 0.251. The normalized spacial score (nSPS) is 16.2. The van der Waals surface area contributed by atoms with Crippen LogP contribution in [0.4, 0.5) is 5.95 Å². The Labute approximate surface area is 114 Å². The van der Waals surface area contributed by atoms with Crippen LogP contribution in [0.2, 0.25) is 0 Å². The van der Waals surface area contributed by atoms with Gasteiger partial charge in [0.25, 0.3) is 0 Å². The fraction of sp³-hybridized carbons (Fsp3) is 0.714. The number of hydrogen-bond donors (Lipinski definition) is 2. The number of anilines is 1. The molecule has 1 saturated carbocycles. The van der Waals surface area contributed by atoms with Gasteiger partial charge in [-0.25, -0.2) is 4.98 Å². The third kappa shape index (κ3) is 4.06. The number of nitrogens with one attached hydrogen (secondary N) is 1. The van der Waals surface area contributed by atoms with Gasteiger partial charge in [0.15, 0.2) is 0 Å². The molecule has 1 aliphatic rings. The summed E-state index contributed by atoms with van der Waals surface area (Å²) in [5.41, 5.74) is 1.15. The maximum Gasteiger partial charge on any atom is 0.226 e. The average molecular weight is 265 g/mol. The van der Waals surface area contributed by atoms with E-state index < -0.39 is 0 Å². The summed E-state index contributed by atoms with van der Waals surface area (Å²) in [6, 6.07) is 1.85. The third-order valence-corrected chi connectivity index (χ3v) is 3.51. The van der Waals surface area contributed by atoms with E-state index in [9.17, 15) is 0 Å².